The minimum Gasteiger partial charge on any atom is -0.491 e. The highest BCUT2D eigenvalue weighted by molar-refractivity contribution is 5.70. The highest BCUT2D eigenvalue weighted by Crippen LogP contribution is 2.29. The maximum absolute atomic E-state index is 10.7. The number of hydrogen-bond acceptors (Lipinski definition) is 9. The van der Waals surface area contributed by atoms with Crippen LogP contribution in [-0.2, 0) is 44.6 Å². The minimum atomic E-state index is 0.188. The Kier molecular flexibility index (Phi) is 17.0. The van der Waals surface area contributed by atoms with E-state index in [1.165, 1.54) is 5.56 Å². The van der Waals surface area contributed by atoms with E-state index in [9.17, 15) is 4.79 Å². The maximum Gasteiger partial charge on any atom is 0.293 e. The molecule has 2 aromatic carbocycles. The van der Waals surface area contributed by atoms with E-state index in [2.05, 4.69) is 32.0 Å². The molecule has 0 saturated carbocycles. The van der Waals surface area contributed by atoms with Crippen LogP contribution in [0.15, 0.2) is 36.4 Å². The Labute approximate surface area is 226 Å². The zero-order valence-corrected chi connectivity index (χ0v) is 22.9. The highest BCUT2D eigenvalue weighted by atomic mass is 16.6. The van der Waals surface area contributed by atoms with Crippen LogP contribution in [-0.4, -0.2) is 92.9 Å². The third-order valence-electron chi connectivity index (χ3n) is 5.40. The van der Waals surface area contributed by atoms with Gasteiger partial charge < -0.3 is 37.9 Å². The first-order valence-corrected chi connectivity index (χ1v) is 12.9. The van der Waals surface area contributed by atoms with E-state index in [-0.39, 0.29) is 6.61 Å². The lowest BCUT2D eigenvalue weighted by atomic mass is 9.97. The van der Waals surface area contributed by atoms with E-state index in [4.69, 9.17) is 37.9 Å². The molecule has 0 N–H and O–H groups in total. The summed E-state index contributed by atoms with van der Waals surface area (Å²) >= 11 is 0. The van der Waals surface area contributed by atoms with Gasteiger partial charge in [-0.3, -0.25) is 4.79 Å². The van der Waals surface area contributed by atoms with Crippen LogP contribution < -0.4 is 4.74 Å². The third kappa shape index (κ3) is 13.9. The minimum absolute atomic E-state index is 0.188. The summed E-state index contributed by atoms with van der Waals surface area (Å²) in [5.74, 6) is 0.701. The summed E-state index contributed by atoms with van der Waals surface area (Å²) < 4.78 is 43.1. The van der Waals surface area contributed by atoms with Crippen molar-refractivity contribution in [3.63, 3.8) is 0 Å². The van der Waals surface area contributed by atoms with E-state index in [0.29, 0.717) is 91.5 Å². The first-order chi connectivity index (χ1) is 18.6. The van der Waals surface area contributed by atoms with Crippen LogP contribution >= 0.6 is 0 Å². The topological polar surface area (TPSA) is 90.9 Å². The van der Waals surface area contributed by atoms with Crippen molar-refractivity contribution < 1.29 is 42.7 Å². The van der Waals surface area contributed by atoms with Crippen molar-refractivity contribution in [2.45, 2.75) is 20.5 Å². The second-order valence-corrected chi connectivity index (χ2v) is 8.49. The molecule has 0 bridgehead atoms. The lowest BCUT2D eigenvalue weighted by molar-refractivity contribution is -0.129. The monoisotopic (exact) mass is 534 g/mol. The van der Waals surface area contributed by atoms with Gasteiger partial charge in [-0.25, -0.2) is 0 Å². The van der Waals surface area contributed by atoms with Crippen LogP contribution in [0.5, 0.6) is 5.75 Å². The molecule has 0 aromatic heterocycles. The number of carbonyl (C=O) groups is 1. The molecule has 0 fully saturated rings. The van der Waals surface area contributed by atoms with Crippen molar-refractivity contribution in [3.05, 3.63) is 53.1 Å². The van der Waals surface area contributed by atoms with Gasteiger partial charge in [0.25, 0.3) is 6.47 Å². The molecule has 0 radical (unpaired) electrons. The first kappa shape index (κ1) is 31.7. The number of ether oxygens (including phenoxy) is 8. The standard InChI is InChI=1S/C29H42O9/c1-24-4-5-25(2)29(18-24)27-19-26(22-37-23-30)20-28(21-27)38-17-16-36-15-14-35-13-12-34-11-10-33-9-8-32-7-6-31-3/h4-5,18-21,23H,6-17,22H2,1-3H3. The summed E-state index contributed by atoms with van der Waals surface area (Å²) in [5.41, 5.74) is 5.34. The Hall–Kier alpha value is -2.53. The average molecular weight is 535 g/mol. The first-order valence-electron chi connectivity index (χ1n) is 12.9. The van der Waals surface area contributed by atoms with Gasteiger partial charge >= 0.3 is 0 Å². The van der Waals surface area contributed by atoms with Gasteiger partial charge in [-0.2, -0.15) is 0 Å². The molecular formula is C29H42O9. The summed E-state index contributed by atoms with van der Waals surface area (Å²) in [5, 5.41) is 0. The normalized spacial score (nSPS) is 11.0. The molecule has 0 heterocycles. The van der Waals surface area contributed by atoms with E-state index >= 15 is 0 Å². The predicted octanol–water partition coefficient (Wildman–Crippen LogP) is 3.75. The highest BCUT2D eigenvalue weighted by Gasteiger charge is 2.08. The smallest absolute Gasteiger partial charge is 0.293 e. The van der Waals surface area contributed by atoms with Crippen LogP contribution in [0.4, 0.5) is 0 Å². The van der Waals surface area contributed by atoms with E-state index in [1.807, 2.05) is 18.2 Å². The van der Waals surface area contributed by atoms with Crippen molar-refractivity contribution in [1.29, 1.82) is 0 Å². The van der Waals surface area contributed by atoms with Crippen LogP contribution in [0.3, 0.4) is 0 Å². The fourth-order valence-corrected chi connectivity index (χ4v) is 3.50. The summed E-state index contributed by atoms with van der Waals surface area (Å²) in [6, 6.07) is 12.2. The maximum atomic E-state index is 10.7. The largest absolute Gasteiger partial charge is 0.491 e. The van der Waals surface area contributed by atoms with Gasteiger partial charge in [0.05, 0.1) is 72.7 Å². The number of benzene rings is 2. The molecule has 2 aromatic rings. The molecule has 212 valence electrons. The molecule has 0 unspecified atom stereocenters. The van der Waals surface area contributed by atoms with E-state index in [1.54, 1.807) is 7.11 Å². The molecule has 2 rings (SSSR count). The molecule has 0 aliphatic rings. The molecule has 9 heteroatoms. The molecule has 0 aliphatic carbocycles. The number of methoxy groups -OCH3 is 1. The fraction of sp³-hybridized carbons (Fsp3) is 0.552. The van der Waals surface area contributed by atoms with Gasteiger partial charge in [0.2, 0.25) is 0 Å². The van der Waals surface area contributed by atoms with Crippen molar-refractivity contribution in [2.75, 3.05) is 86.4 Å². The van der Waals surface area contributed by atoms with Crippen molar-refractivity contribution in [1.82, 2.24) is 0 Å². The molecule has 0 amide bonds. The quantitative estimate of drug-likeness (QED) is 0.156. The lowest BCUT2D eigenvalue weighted by Gasteiger charge is -2.13. The van der Waals surface area contributed by atoms with Crippen LogP contribution in [0.2, 0.25) is 0 Å². The zero-order valence-electron chi connectivity index (χ0n) is 22.9. The Bertz CT molecular complexity index is 904. The van der Waals surface area contributed by atoms with Gasteiger partial charge in [0.1, 0.15) is 19.0 Å². The lowest BCUT2D eigenvalue weighted by Crippen LogP contribution is -2.14. The van der Waals surface area contributed by atoms with Crippen molar-refractivity contribution >= 4 is 6.47 Å². The third-order valence-corrected chi connectivity index (χ3v) is 5.40. The summed E-state index contributed by atoms with van der Waals surface area (Å²) in [6.45, 7) is 10.8. The Balaban J connectivity index is 1.57. The SMILES string of the molecule is COCCOCCOCCOCCOCCOCCOc1cc(COC=O)cc(-c2cc(C)ccc2C)c1. The Morgan fingerprint density at radius 3 is 1.76 bits per heavy atom. The number of aryl methyl sites for hydroxylation is 2. The second-order valence-electron chi connectivity index (χ2n) is 8.49. The average Bonchev–Trinajstić information content (AvgIpc) is 2.92. The van der Waals surface area contributed by atoms with Gasteiger partial charge in [-0.05, 0) is 54.3 Å². The number of hydrogen-bond donors (Lipinski definition) is 0. The molecule has 0 aliphatic heterocycles. The van der Waals surface area contributed by atoms with Gasteiger partial charge in [0.15, 0.2) is 0 Å². The second kappa shape index (κ2) is 20.4. The van der Waals surface area contributed by atoms with Crippen molar-refractivity contribution in [2.24, 2.45) is 0 Å². The van der Waals surface area contributed by atoms with Crippen LogP contribution in [0.25, 0.3) is 11.1 Å². The van der Waals surface area contributed by atoms with Gasteiger partial charge in [-0.1, -0.05) is 23.8 Å². The number of carbonyl (C=O) groups excluding carboxylic acids is 1. The van der Waals surface area contributed by atoms with Crippen LogP contribution in [0.1, 0.15) is 16.7 Å². The van der Waals surface area contributed by atoms with E-state index in [0.717, 1.165) is 22.3 Å². The summed E-state index contributed by atoms with van der Waals surface area (Å²) in [6.07, 6.45) is 0. The summed E-state index contributed by atoms with van der Waals surface area (Å²) in [7, 11) is 1.64. The van der Waals surface area contributed by atoms with Gasteiger partial charge in [0, 0.05) is 7.11 Å². The molecule has 0 saturated heterocycles. The molecule has 9 nitrogen and oxygen atoms in total. The molecular weight excluding hydrogens is 492 g/mol. The van der Waals surface area contributed by atoms with Gasteiger partial charge in [-0.15, -0.1) is 0 Å². The Morgan fingerprint density at radius 2 is 1.21 bits per heavy atom. The zero-order chi connectivity index (χ0) is 27.3. The summed E-state index contributed by atoms with van der Waals surface area (Å²) in [4.78, 5) is 10.7. The number of rotatable bonds is 23. The van der Waals surface area contributed by atoms with E-state index < -0.39 is 0 Å². The molecule has 0 spiro atoms. The van der Waals surface area contributed by atoms with Crippen molar-refractivity contribution in [3.8, 4) is 16.9 Å². The molecule has 0 atom stereocenters. The predicted molar refractivity (Wildman–Crippen MR) is 144 cm³/mol. The Morgan fingerprint density at radius 1 is 0.658 bits per heavy atom. The fourth-order valence-electron chi connectivity index (χ4n) is 3.50. The van der Waals surface area contributed by atoms with Crippen LogP contribution in [0, 0.1) is 13.8 Å². The molecule has 38 heavy (non-hydrogen) atoms.